The molecule has 0 aliphatic carbocycles. The molecule has 1 saturated heterocycles. The van der Waals surface area contributed by atoms with Crippen LogP contribution in [0.15, 0.2) is 30.3 Å². The summed E-state index contributed by atoms with van der Waals surface area (Å²) < 4.78 is 0. The Balaban J connectivity index is 2.16. The van der Waals surface area contributed by atoms with Crippen LogP contribution in [0.3, 0.4) is 0 Å². The third-order valence-corrected chi connectivity index (χ3v) is 3.87. The minimum absolute atomic E-state index is 0.0186. The van der Waals surface area contributed by atoms with Crippen LogP contribution in [-0.2, 0) is 0 Å². The Bertz CT molecular complexity index is 397. The number of Topliss-reactive ketones (excluding diaryl/α,β-unsaturated/α-hetero) is 1. The number of carbonyl (C=O) groups excluding carboxylic acids is 1. The molecule has 1 aromatic rings. The lowest BCUT2D eigenvalue weighted by Crippen LogP contribution is -2.47. The monoisotopic (exact) mass is 231 g/mol. The van der Waals surface area contributed by atoms with Crippen molar-refractivity contribution in [3.63, 3.8) is 0 Å². The number of ketones is 1. The molecule has 1 unspecified atom stereocenters. The standard InChI is InChI=1S/C15H21NO/c1-12(16-11-7-10-15(16,2)3)14(17)13-8-5-4-6-9-13/h4-6,8-9,12H,7,10-11H2,1-3H3. The highest BCUT2D eigenvalue weighted by Crippen LogP contribution is 2.31. The first-order valence-corrected chi connectivity index (χ1v) is 6.38. The molecule has 1 aliphatic rings. The zero-order valence-electron chi connectivity index (χ0n) is 10.9. The Morgan fingerprint density at radius 2 is 1.94 bits per heavy atom. The van der Waals surface area contributed by atoms with Gasteiger partial charge in [-0.3, -0.25) is 9.69 Å². The van der Waals surface area contributed by atoms with E-state index >= 15 is 0 Å². The quantitative estimate of drug-likeness (QED) is 0.745. The van der Waals surface area contributed by atoms with Crippen LogP contribution in [0.5, 0.6) is 0 Å². The van der Waals surface area contributed by atoms with Crippen molar-refractivity contribution in [2.45, 2.75) is 45.2 Å². The SMILES string of the molecule is CC(C(=O)c1ccccc1)N1CCCC1(C)C. The van der Waals surface area contributed by atoms with Crippen LogP contribution in [0.4, 0.5) is 0 Å². The number of rotatable bonds is 3. The maximum atomic E-state index is 12.4. The Morgan fingerprint density at radius 1 is 1.29 bits per heavy atom. The highest BCUT2D eigenvalue weighted by molar-refractivity contribution is 5.99. The first-order valence-electron chi connectivity index (χ1n) is 6.38. The lowest BCUT2D eigenvalue weighted by molar-refractivity contribution is 0.0722. The van der Waals surface area contributed by atoms with E-state index in [0.717, 1.165) is 12.1 Å². The van der Waals surface area contributed by atoms with Crippen LogP contribution in [0.1, 0.15) is 44.0 Å². The Morgan fingerprint density at radius 3 is 2.47 bits per heavy atom. The van der Waals surface area contributed by atoms with E-state index in [9.17, 15) is 4.79 Å². The molecule has 1 heterocycles. The number of hydrogen-bond acceptors (Lipinski definition) is 2. The second kappa shape index (κ2) is 4.61. The van der Waals surface area contributed by atoms with Crippen molar-refractivity contribution in [3.05, 3.63) is 35.9 Å². The minimum atomic E-state index is -0.0186. The molecule has 17 heavy (non-hydrogen) atoms. The summed E-state index contributed by atoms with van der Waals surface area (Å²) >= 11 is 0. The highest BCUT2D eigenvalue weighted by Gasteiger charge is 2.37. The number of hydrogen-bond donors (Lipinski definition) is 0. The van der Waals surface area contributed by atoms with Crippen LogP contribution >= 0.6 is 0 Å². The minimum Gasteiger partial charge on any atom is -0.292 e. The molecule has 0 amide bonds. The summed E-state index contributed by atoms with van der Waals surface area (Å²) in [5, 5.41) is 0. The molecule has 0 bridgehead atoms. The van der Waals surface area contributed by atoms with Crippen molar-refractivity contribution in [2.24, 2.45) is 0 Å². The van der Waals surface area contributed by atoms with E-state index in [0.29, 0.717) is 0 Å². The van der Waals surface area contributed by atoms with Gasteiger partial charge in [0.2, 0.25) is 0 Å². The third kappa shape index (κ3) is 2.42. The average molecular weight is 231 g/mol. The Kier molecular flexibility index (Phi) is 3.34. The fourth-order valence-electron chi connectivity index (χ4n) is 2.83. The second-order valence-corrected chi connectivity index (χ2v) is 5.52. The van der Waals surface area contributed by atoms with Gasteiger partial charge in [0.25, 0.3) is 0 Å². The van der Waals surface area contributed by atoms with E-state index < -0.39 is 0 Å². The van der Waals surface area contributed by atoms with Crippen LogP contribution in [0, 0.1) is 0 Å². The van der Waals surface area contributed by atoms with Gasteiger partial charge in [-0.05, 0) is 40.2 Å². The van der Waals surface area contributed by atoms with E-state index in [4.69, 9.17) is 0 Å². The van der Waals surface area contributed by atoms with E-state index in [1.807, 2.05) is 37.3 Å². The maximum absolute atomic E-state index is 12.4. The van der Waals surface area contributed by atoms with Gasteiger partial charge in [0, 0.05) is 11.1 Å². The Hall–Kier alpha value is -1.15. The van der Waals surface area contributed by atoms with Crippen LogP contribution in [0.25, 0.3) is 0 Å². The fraction of sp³-hybridized carbons (Fsp3) is 0.533. The Labute approximate surface area is 104 Å². The van der Waals surface area contributed by atoms with Gasteiger partial charge in [0.15, 0.2) is 5.78 Å². The van der Waals surface area contributed by atoms with Crippen molar-refractivity contribution < 1.29 is 4.79 Å². The van der Waals surface area contributed by atoms with Gasteiger partial charge in [0.1, 0.15) is 0 Å². The zero-order chi connectivity index (χ0) is 12.5. The first kappa shape index (κ1) is 12.3. The fourth-order valence-corrected chi connectivity index (χ4v) is 2.83. The first-order chi connectivity index (χ1) is 8.02. The molecule has 0 radical (unpaired) electrons. The molecule has 1 aliphatic heterocycles. The zero-order valence-corrected chi connectivity index (χ0v) is 10.9. The molecule has 0 spiro atoms. The molecule has 0 N–H and O–H groups in total. The van der Waals surface area contributed by atoms with Crippen molar-refractivity contribution in [1.82, 2.24) is 4.90 Å². The summed E-state index contributed by atoms with van der Waals surface area (Å²) in [5.41, 5.74) is 0.979. The largest absolute Gasteiger partial charge is 0.292 e. The summed E-state index contributed by atoms with van der Waals surface area (Å²) in [6.07, 6.45) is 2.37. The number of benzene rings is 1. The van der Waals surface area contributed by atoms with Crippen molar-refractivity contribution >= 4 is 5.78 Å². The molecular formula is C15H21NO. The van der Waals surface area contributed by atoms with Crippen molar-refractivity contribution in [3.8, 4) is 0 Å². The predicted octanol–water partition coefficient (Wildman–Crippen LogP) is 3.13. The third-order valence-electron chi connectivity index (χ3n) is 3.87. The van der Waals surface area contributed by atoms with Crippen LogP contribution in [-0.4, -0.2) is 28.8 Å². The average Bonchev–Trinajstić information content (AvgIpc) is 2.68. The number of likely N-dealkylation sites (tertiary alicyclic amines) is 1. The summed E-state index contributed by atoms with van der Waals surface area (Å²) in [6.45, 7) is 7.53. The molecule has 0 saturated carbocycles. The van der Waals surface area contributed by atoms with E-state index in [2.05, 4.69) is 18.7 Å². The smallest absolute Gasteiger partial charge is 0.179 e. The van der Waals surface area contributed by atoms with Crippen LogP contribution in [0.2, 0.25) is 0 Å². The van der Waals surface area contributed by atoms with Gasteiger partial charge in [-0.25, -0.2) is 0 Å². The second-order valence-electron chi connectivity index (χ2n) is 5.52. The van der Waals surface area contributed by atoms with Gasteiger partial charge in [-0.2, -0.15) is 0 Å². The maximum Gasteiger partial charge on any atom is 0.179 e. The normalized spacial score (nSPS) is 21.4. The topological polar surface area (TPSA) is 20.3 Å². The molecule has 2 heteroatoms. The van der Waals surface area contributed by atoms with Crippen molar-refractivity contribution in [2.75, 3.05) is 6.54 Å². The van der Waals surface area contributed by atoms with Gasteiger partial charge in [-0.1, -0.05) is 30.3 Å². The lowest BCUT2D eigenvalue weighted by Gasteiger charge is -2.35. The van der Waals surface area contributed by atoms with Gasteiger partial charge in [0.05, 0.1) is 6.04 Å². The van der Waals surface area contributed by atoms with Gasteiger partial charge in [-0.15, -0.1) is 0 Å². The van der Waals surface area contributed by atoms with E-state index in [1.54, 1.807) is 0 Å². The molecule has 2 nitrogen and oxygen atoms in total. The van der Waals surface area contributed by atoms with E-state index in [1.165, 1.54) is 12.8 Å². The molecule has 0 aromatic heterocycles. The molecule has 92 valence electrons. The van der Waals surface area contributed by atoms with E-state index in [-0.39, 0.29) is 17.4 Å². The molecule has 1 fully saturated rings. The number of carbonyl (C=O) groups is 1. The van der Waals surface area contributed by atoms with Gasteiger partial charge < -0.3 is 0 Å². The molecule has 1 aromatic carbocycles. The predicted molar refractivity (Wildman–Crippen MR) is 70.3 cm³/mol. The summed E-state index contributed by atoms with van der Waals surface area (Å²) in [5.74, 6) is 0.237. The van der Waals surface area contributed by atoms with Crippen molar-refractivity contribution in [1.29, 1.82) is 0 Å². The molecule has 1 atom stereocenters. The number of nitrogens with zero attached hydrogens (tertiary/aromatic N) is 1. The van der Waals surface area contributed by atoms with Crippen LogP contribution < -0.4 is 0 Å². The molecular weight excluding hydrogens is 210 g/mol. The highest BCUT2D eigenvalue weighted by atomic mass is 16.1. The molecule has 2 rings (SSSR count). The summed E-state index contributed by atoms with van der Waals surface area (Å²) in [7, 11) is 0. The van der Waals surface area contributed by atoms with Gasteiger partial charge >= 0.3 is 0 Å². The summed E-state index contributed by atoms with van der Waals surface area (Å²) in [4.78, 5) is 14.7. The summed E-state index contributed by atoms with van der Waals surface area (Å²) in [6, 6.07) is 9.59. The lowest BCUT2D eigenvalue weighted by atomic mass is 9.97.